The van der Waals surface area contributed by atoms with Crippen molar-refractivity contribution in [3.05, 3.63) is 60.8 Å². The van der Waals surface area contributed by atoms with Crippen molar-refractivity contribution in [2.45, 2.75) is 301 Å². The first-order valence-electron chi connectivity index (χ1n) is 29.0. The van der Waals surface area contributed by atoms with E-state index in [0.29, 0.717) is 12.8 Å². The number of allylic oxidation sites excluding steroid dienone is 10. The Morgan fingerprint density at radius 2 is 0.899 bits per heavy atom. The second kappa shape index (κ2) is 49.5. The van der Waals surface area contributed by atoms with Crippen molar-refractivity contribution in [3.8, 4) is 0 Å². The lowest BCUT2D eigenvalue weighted by Crippen LogP contribution is -2.60. The van der Waals surface area contributed by atoms with E-state index in [1.54, 1.807) is 0 Å². The fraction of sp³-hybridized carbons (Fsp3) is 0.817. The Morgan fingerprint density at radius 1 is 0.507 bits per heavy atom. The summed E-state index contributed by atoms with van der Waals surface area (Å²) in [5, 5.41) is 54.2. The highest BCUT2D eigenvalue weighted by Gasteiger charge is 2.44. The van der Waals surface area contributed by atoms with Gasteiger partial charge in [0.15, 0.2) is 6.29 Å². The average molecular weight is 973 g/mol. The minimum Gasteiger partial charge on any atom is -0.394 e. The highest BCUT2D eigenvalue weighted by atomic mass is 16.7. The predicted molar refractivity (Wildman–Crippen MR) is 290 cm³/mol. The summed E-state index contributed by atoms with van der Waals surface area (Å²) in [6.45, 7) is 3.68. The molecule has 7 atom stereocenters. The van der Waals surface area contributed by atoms with Gasteiger partial charge in [-0.05, 0) is 57.8 Å². The van der Waals surface area contributed by atoms with Crippen LogP contribution < -0.4 is 5.32 Å². The van der Waals surface area contributed by atoms with Gasteiger partial charge in [0.25, 0.3) is 0 Å². The van der Waals surface area contributed by atoms with Gasteiger partial charge in [0.05, 0.1) is 25.4 Å². The van der Waals surface area contributed by atoms with Gasteiger partial charge in [0.2, 0.25) is 5.91 Å². The summed E-state index contributed by atoms with van der Waals surface area (Å²) in [7, 11) is 0. The number of hydrogen-bond donors (Lipinski definition) is 6. The van der Waals surface area contributed by atoms with Crippen LogP contribution >= 0.6 is 0 Å². The Morgan fingerprint density at radius 3 is 1.33 bits per heavy atom. The lowest BCUT2D eigenvalue weighted by atomic mass is 9.99. The summed E-state index contributed by atoms with van der Waals surface area (Å²) in [5.74, 6) is -0.146. The molecule has 0 radical (unpaired) electrons. The molecule has 1 aliphatic rings. The molecule has 0 aromatic rings. The largest absolute Gasteiger partial charge is 0.394 e. The Labute approximate surface area is 424 Å². The lowest BCUT2D eigenvalue weighted by molar-refractivity contribution is -0.302. The topological polar surface area (TPSA) is 149 Å². The SMILES string of the molecule is CC/C=C\C/C=C\C/C=C\C/C=C\C/C=C\CCCCCCCCCCCCCCCCCCCCCCCCCC(=O)NC(COC1OC(CO)C(O)C(O)C1O)C(O)CCCCCCCCC. The van der Waals surface area contributed by atoms with Gasteiger partial charge in [-0.2, -0.15) is 0 Å². The van der Waals surface area contributed by atoms with Gasteiger partial charge in [0, 0.05) is 6.42 Å². The third-order valence-electron chi connectivity index (χ3n) is 13.6. The first-order valence-corrected chi connectivity index (χ1v) is 29.0. The van der Waals surface area contributed by atoms with Crippen LogP contribution in [0, 0.1) is 0 Å². The third-order valence-corrected chi connectivity index (χ3v) is 13.6. The molecule has 1 rings (SSSR count). The summed E-state index contributed by atoms with van der Waals surface area (Å²) in [4.78, 5) is 13.0. The van der Waals surface area contributed by atoms with E-state index in [4.69, 9.17) is 9.47 Å². The van der Waals surface area contributed by atoms with E-state index in [-0.39, 0.29) is 12.5 Å². The number of nitrogens with one attached hydrogen (secondary N) is 1. The number of aliphatic hydroxyl groups excluding tert-OH is 5. The maximum atomic E-state index is 13.0. The number of carbonyl (C=O) groups excluding carboxylic acids is 1. The van der Waals surface area contributed by atoms with Gasteiger partial charge in [-0.15, -0.1) is 0 Å². The Bertz CT molecular complexity index is 1270. The lowest BCUT2D eigenvalue weighted by Gasteiger charge is -2.40. The van der Waals surface area contributed by atoms with Crippen molar-refractivity contribution in [1.82, 2.24) is 5.32 Å². The van der Waals surface area contributed by atoms with Gasteiger partial charge < -0.3 is 40.3 Å². The molecule has 0 saturated carbocycles. The predicted octanol–water partition coefficient (Wildman–Crippen LogP) is 14.3. The van der Waals surface area contributed by atoms with Gasteiger partial charge in [0.1, 0.15) is 24.4 Å². The van der Waals surface area contributed by atoms with E-state index in [0.717, 1.165) is 70.6 Å². The Hall–Kier alpha value is -2.11. The number of aliphatic hydroxyl groups is 5. The molecule has 0 aromatic carbocycles. The summed E-state index contributed by atoms with van der Waals surface area (Å²) < 4.78 is 11.2. The van der Waals surface area contributed by atoms with Crippen LogP contribution in [0.4, 0.5) is 0 Å². The molecular formula is C60H109NO8. The molecule has 6 N–H and O–H groups in total. The summed E-state index contributed by atoms with van der Waals surface area (Å²) in [6, 6.07) is -0.715. The summed E-state index contributed by atoms with van der Waals surface area (Å²) >= 11 is 0. The van der Waals surface area contributed by atoms with Crippen molar-refractivity contribution in [3.63, 3.8) is 0 Å². The molecule has 0 aliphatic carbocycles. The van der Waals surface area contributed by atoms with Gasteiger partial charge >= 0.3 is 0 Å². The van der Waals surface area contributed by atoms with Crippen molar-refractivity contribution in [1.29, 1.82) is 0 Å². The maximum Gasteiger partial charge on any atom is 0.220 e. The molecule has 7 unspecified atom stereocenters. The molecule has 1 heterocycles. The summed E-state index contributed by atoms with van der Waals surface area (Å²) in [5.41, 5.74) is 0. The number of hydrogen-bond acceptors (Lipinski definition) is 8. The number of ether oxygens (including phenoxy) is 2. The van der Waals surface area contributed by atoms with Crippen LogP contribution in [0.3, 0.4) is 0 Å². The Balaban J connectivity index is 1.97. The van der Waals surface area contributed by atoms with E-state index in [9.17, 15) is 30.3 Å². The number of amides is 1. The second-order valence-electron chi connectivity index (χ2n) is 20.1. The maximum absolute atomic E-state index is 13.0. The monoisotopic (exact) mass is 972 g/mol. The van der Waals surface area contributed by atoms with Crippen LogP contribution in [0.1, 0.15) is 258 Å². The molecule has 1 fully saturated rings. The van der Waals surface area contributed by atoms with E-state index in [1.165, 1.54) is 161 Å². The minimum absolute atomic E-state index is 0.137. The van der Waals surface area contributed by atoms with Crippen LogP contribution in [-0.2, 0) is 14.3 Å². The molecule has 1 aliphatic heterocycles. The van der Waals surface area contributed by atoms with Crippen LogP contribution in [0.5, 0.6) is 0 Å². The highest BCUT2D eigenvalue weighted by Crippen LogP contribution is 2.23. The first-order chi connectivity index (χ1) is 33.8. The fourth-order valence-electron chi connectivity index (χ4n) is 9.07. The normalized spacial score (nSPS) is 19.9. The molecule has 1 amide bonds. The minimum atomic E-state index is -1.55. The molecule has 0 bridgehead atoms. The Kier molecular flexibility index (Phi) is 46.5. The standard InChI is InChI=1S/C60H109NO8/c1-3-5-7-9-11-12-13-14-15-16-17-18-19-20-21-22-23-24-25-26-27-28-29-30-31-32-33-34-35-36-37-38-39-40-41-42-44-46-48-50-56(64)61-53(54(63)49-47-45-43-10-8-6-4-2)52-68-60-59(67)58(66)57(65)55(51-62)69-60/h5,7,11-12,14-15,17-18,20-21,53-55,57-60,62-63,65-67H,3-4,6,8-10,13,16,19,22-52H2,1-2H3,(H,61,64)/b7-5-,12-11-,15-14-,18-17-,21-20-. The smallest absolute Gasteiger partial charge is 0.220 e. The van der Waals surface area contributed by atoms with E-state index in [1.807, 2.05) is 0 Å². The fourth-order valence-corrected chi connectivity index (χ4v) is 9.07. The molecule has 9 nitrogen and oxygen atoms in total. The van der Waals surface area contributed by atoms with Crippen molar-refractivity contribution in [2.75, 3.05) is 13.2 Å². The molecule has 69 heavy (non-hydrogen) atoms. The third kappa shape index (κ3) is 39.1. The highest BCUT2D eigenvalue weighted by molar-refractivity contribution is 5.76. The molecule has 9 heteroatoms. The number of carbonyl (C=O) groups is 1. The molecule has 1 saturated heterocycles. The van der Waals surface area contributed by atoms with Crippen LogP contribution in [0.15, 0.2) is 60.8 Å². The van der Waals surface area contributed by atoms with E-state index in [2.05, 4.69) is 79.9 Å². The van der Waals surface area contributed by atoms with Gasteiger partial charge in [-0.25, -0.2) is 0 Å². The van der Waals surface area contributed by atoms with Gasteiger partial charge in [-0.3, -0.25) is 4.79 Å². The van der Waals surface area contributed by atoms with Crippen molar-refractivity contribution in [2.24, 2.45) is 0 Å². The van der Waals surface area contributed by atoms with Crippen LogP contribution in [0.2, 0.25) is 0 Å². The second-order valence-corrected chi connectivity index (χ2v) is 20.1. The average Bonchev–Trinajstić information content (AvgIpc) is 3.35. The van der Waals surface area contributed by atoms with Crippen molar-refractivity contribution < 1.29 is 39.8 Å². The van der Waals surface area contributed by atoms with Crippen molar-refractivity contribution >= 4 is 5.91 Å². The van der Waals surface area contributed by atoms with Gasteiger partial charge in [-0.1, -0.05) is 254 Å². The number of unbranched alkanes of at least 4 members (excludes halogenated alkanes) is 29. The molecule has 0 aromatic heterocycles. The zero-order chi connectivity index (χ0) is 50.1. The zero-order valence-electron chi connectivity index (χ0n) is 44.6. The van der Waals surface area contributed by atoms with Crippen LogP contribution in [-0.4, -0.2) is 87.5 Å². The molecule has 0 spiro atoms. The van der Waals surface area contributed by atoms with E-state index >= 15 is 0 Å². The first kappa shape index (κ1) is 64.9. The molecule has 402 valence electrons. The van der Waals surface area contributed by atoms with Crippen LogP contribution in [0.25, 0.3) is 0 Å². The molecular weight excluding hydrogens is 863 g/mol. The zero-order valence-corrected chi connectivity index (χ0v) is 44.6. The van der Waals surface area contributed by atoms with E-state index < -0.39 is 49.5 Å². The quantitative estimate of drug-likeness (QED) is 0.0261. The summed E-state index contributed by atoms with van der Waals surface area (Å²) in [6.07, 6.45) is 60.3. The number of rotatable bonds is 49.